The van der Waals surface area contributed by atoms with E-state index in [2.05, 4.69) is 17.2 Å². The average Bonchev–Trinajstić information content (AvgIpc) is 2.76. The Bertz CT molecular complexity index is 553. The quantitative estimate of drug-likeness (QED) is 0.896. The highest BCUT2D eigenvalue weighted by atomic mass is 15.3. The molecule has 2 aromatic heterocycles. The molecule has 0 radical (unpaired) electrons. The molecule has 1 fully saturated rings. The maximum absolute atomic E-state index is 4.77. The largest absolute Gasteiger partial charge is 0.316 e. The Hall–Kier alpha value is -1.68. The Balaban J connectivity index is 2.00. The van der Waals surface area contributed by atoms with E-state index < -0.39 is 0 Å². The summed E-state index contributed by atoms with van der Waals surface area (Å²) in [6, 6.07) is 4.10. The zero-order valence-electron chi connectivity index (χ0n) is 11.6. The van der Waals surface area contributed by atoms with Crippen LogP contribution >= 0.6 is 0 Å². The Kier molecular flexibility index (Phi) is 3.34. The molecule has 4 nitrogen and oxygen atoms in total. The fourth-order valence-corrected chi connectivity index (χ4v) is 3.04. The van der Waals surface area contributed by atoms with Crippen LogP contribution in [0.2, 0.25) is 0 Å². The van der Waals surface area contributed by atoms with Crippen molar-refractivity contribution in [3.8, 4) is 11.3 Å². The molecule has 1 N–H and O–H groups in total. The smallest absolute Gasteiger partial charge is 0.0712 e. The number of rotatable bonds is 2. The zero-order valence-corrected chi connectivity index (χ0v) is 11.6. The van der Waals surface area contributed by atoms with Gasteiger partial charge in [-0.1, -0.05) is 0 Å². The Labute approximate surface area is 113 Å². The Morgan fingerprint density at radius 1 is 1.32 bits per heavy atom. The molecule has 1 saturated heterocycles. The summed E-state index contributed by atoms with van der Waals surface area (Å²) in [5.74, 6) is 0.551. The molecule has 1 atom stereocenters. The van der Waals surface area contributed by atoms with Gasteiger partial charge in [0.1, 0.15) is 0 Å². The van der Waals surface area contributed by atoms with Crippen LogP contribution in [0.5, 0.6) is 0 Å². The number of piperidine rings is 1. The second kappa shape index (κ2) is 5.13. The summed E-state index contributed by atoms with van der Waals surface area (Å²) < 4.78 is 2.01. The molecule has 3 rings (SSSR count). The van der Waals surface area contributed by atoms with Crippen molar-refractivity contribution in [3.05, 3.63) is 35.8 Å². The van der Waals surface area contributed by atoms with Crippen LogP contribution in [-0.2, 0) is 7.05 Å². The van der Waals surface area contributed by atoms with Gasteiger partial charge in [-0.15, -0.1) is 0 Å². The third-order valence-electron chi connectivity index (χ3n) is 3.96. The molecule has 3 heterocycles. The lowest BCUT2D eigenvalue weighted by molar-refractivity contribution is 0.450. The second-order valence-corrected chi connectivity index (χ2v) is 5.26. The third-order valence-corrected chi connectivity index (χ3v) is 3.96. The number of aromatic nitrogens is 3. The predicted octanol–water partition coefficient (Wildman–Crippen LogP) is 2.26. The SMILES string of the molecule is Cc1c(C2CCCNC2)nn(C)c1-c1ccncc1. The van der Waals surface area contributed by atoms with E-state index in [9.17, 15) is 0 Å². The lowest BCUT2D eigenvalue weighted by Crippen LogP contribution is -2.28. The summed E-state index contributed by atoms with van der Waals surface area (Å²) in [6.45, 7) is 4.37. The van der Waals surface area contributed by atoms with Gasteiger partial charge in [-0.3, -0.25) is 9.67 Å². The fraction of sp³-hybridized carbons (Fsp3) is 0.467. The van der Waals surface area contributed by atoms with Gasteiger partial charge in [0, 0.05) is 37.5 Å². The minimum absolute atomic E-state index is 0.551. The van der Waals surface area contributed by atoms with Crippen LogP contribution in [0, 0.1) is 6.92 Å². The van der Waals surface area contributed by atoms with Gasteiger partial charge in [0.15, 0.2) is 0 Å². The molecule has 19 heavy (non-hydrogen) atoms. The van der Waals surface area contributed by atoms with Crippen molar-refractivity contribution in [3.63, 3.8) is 0 Å². The summed E-state index contributed by atoms with van der Waals surface area (Å²) >= 11 is 0. The van der Waals surface area contributed by atoms with E-state index in [1.54, 1.807) is 0 Å². The molecule has 1 aliphatic heterocycles. The van der Waals surface area contributed by atoms with Crippen molar-refractivity contribution < 1.29 is 0 Å². The van der Waals surface area contributed by atoms with Crippen LogP contribution < -0.4 is 5.32 Å². The first-order valence-electron chi connectivity index (χ1n) is 6.92. The molecule has 0 aliphatic carbocycles. The lowest BCUT2D eigenvalue weighted by atomic mass is 9.92. The maximum Gasteiger partial charge on any atom is 0.0712 e. The van der Waals surface area contributed by atoms with Crippen molar-refractivity contribution in [1.29, 1.82) is 0 Å². The highest BCUT2D eigenvalue weighted by Gasteiger charge is 2.23. The monoisotopic (exact) mass is 256 g/mol. The molecule has 2 aromatic rings. The van der Waals surface area contributed by atoms with Gasteiger partial charge in [-0.25, -0.2) is 0 Å². The minimum Gasteiger partial charge on any atom is -0.316 e. The van der Waals surface area contributed by atoms with Crippen molar-refractivity contribution in [2.45, 2.75) is 25.7 Å². The van der Waals surface area contributed by atoms with Crippen molar-refractivity contribution in [2.75, 3.05) is 13.1 Å². The first kappa shape index (κ1) is 12.4. The van der Waals surface area contributed by atoms with Gasteiger partial charge in [-0.2, -0.15) is 5.10 Å². The first-order chi connectivity index (χ1) is 9.27. The number of hydrogen-bond donors (Lipinski definition) is 1. The number of hydrogen-bond acceptors (Lipinski definition) is 3. The van der Waals surface area contributed by atoms with E-state index in [0.717, 1.165) is 13.1 Å². The Morgan fingerprint density at radius 2 is 2.11 bits per heavy atom. The lowest BCUT2D eigenvalue weighted by Gasteiger charge is -2.21. The summed E-state index contributed by atoms with van der Waals surface area (Å²) in [7, 11) is 2.03. The number of nitrogens with one attached hydrogen (secondary N) is 1. The number of aryl methyl sites for hydroxylation is 1. The van der Waals surface area contributed by atoms with Crippen LogP contribution in [-0.4, -0.2) is 27.9 Å². The average molecular weight is 256 g/mol. The van der Waals surface area contributed by atoms with E-state index in [1.165, 1.54) is 35.4 Å². The van der Waals surface area contributed by atoms with E-state index in [0.29, 0.717) is 5.92 Å². The molecule has 100 valence electrons. The fourth-order valence-electron chi connectivity index (χ4n) is 3.04. The molecule has 1 unspecified atom stereocenters. The molecular formula is C15H20N4. The summed E-state index contributed by atoms with van der Waals surface area (Å²) in [5, 5.41) is 8.24. The van der Waals surface area contributed by atoms with Gasteiger partial charge in [0.2, 0.25) is 0 Å². The van der Waals surface area contributed by atoms with E-state index >= 15 is 0 Å². The second-order valence-electron chi connectivity index (χ2n) is 5.26. The van der Waals surface area contributed by atoms with E-state index in [1.807, 2.05) is 36.3 Å². The molecule has 4 heteroatoms. The molecule has 0 saturated carbocycles. The van der Waals surface area contributed by atoms with Crippen LogP contribution in [0.15, 0.2) is 24.5 Å². The molecular weight excluding hydrogens is 236 g/mol. The van der Waals surface area contributed by atoms with E-state index in [4.69, 9.17) is 5.10 Å². The van der Waals surface area contributed by atoms with Crippen LogP contribution in [0.1, 0.15) is 30.0 Å². The van der Waals surface area contributed by atoms with Crippen molar-refractivity contribution in [1.82, 2.24) is 20.1 Å². The van der Waals surface area contributed by atoms with Gasteiger partial charge >= 0.3 is 0 Å². The summed E-state index contributed by atoms with van der Waals surface area (Å²) in [6.07, 6.45) is 6.15. The number of pyridine rings is 1. The first-order valence-corrected chi connectivity index (χ1v) is 6.92. The topological polar surface area (TPSA) is 42.7 Å². The van der Waals surface area contributed by atoms with Crippen LogP contribution in [0.4, 0.5) is 0 Å². The standard InChI is InChI=1S/C15H20N4/c1-11-14(13-4-3-7-17-10-13)18-19(2)15(11)12-5-8-16-9-6-12/h5-6,8-9,13,17H,3-4,7,10H2,1-2H3. The molecule has 1 aliphatic rings. The molecule has 0 bridgehead atoms. The summed E-state index contributed by atoms with van der Waals surface area (Å²) in [4.78, 5) is 4.09. The summed E-state index contributed by atoms with van der Waals surface area (Å²) in [5.41, 5.74) is 4.96. The zero-order chi connectivity index (χ0) is 13.2. The third kappa shape index (κ3) is 2.28. The number of nitrogens with zero attached hydrogens (tertiary/aromatic N) is 3. The van der Waals surface area contributed by atoms with Gasteiger partial charge < -0.3 is 5.32 Å². The van der Waals surface area contributed by atoms with Crippen LogP contribution in [0.25, 0.3) is 11.3 Å². The normalized spacial score (nSPS) is 19.6. The Morgan fingerprint density at radius 3 is 2.79 bits per heavy atom. The van der Waals surface area contributed by atoms with Gasteiger partial charge in [0.25, 0.3) is 0 Å². The van der Waals surface area contributed by atoms with Crippen LogP contribution in [0.3, 0.4) is 0 Å². The van der Waals surface area contributed by atoms with Gasteiger partial charge in [0.05, 0.1) is 11.4 Å². The maximum atomic E-state index is 4.77. The highest BCUT2D eigenvalue weighted by Crippen LogP contribution is 2.31. The van der Waals surface area contributed by atoms with E-state index in [-0.39, 0.29) is 0 Å². The van der Waals surface area contributed by atoms with Crippen molar-refractivity contribution >= 4 is 0 Å². The molecule has 0 aromatic carbocycles. The minimum atomic E-state index is 0.551. The van der Waals surface area contributed by atoms with Gasteiger partial charge in [-0.05, 0) is 44.0 Å². The predicted molar refractivity (Wildman–Crippen MR) is 76.0 cm³/mol. The highest BCUT2D eigenvalue weighted by molar-refractivity contribution is 5.64. The molecule has 0 amide bonds. The molecule has 0 spiro atoms. The van der Waals surface area contributed by atoms with Crippen molar-refractivity contribution in [2.24, 2.45) is 7.05 Å².